The van der Waals surface area contributed by atoms with Crippen LogP contribution < -0.4 is 4.74 Å². The number of nitrogens with zero attached hydrogens (tertiary/aromatic N) is 3. The maximum Gasteiger partial charge on any atom is 0.316 e. The van der Waals surface area contributed by atoms with Crippen molar-refractivity contribution in [2.24, 2.45) is 0 Å². The number of carbonyl (C=O) groups is 1. The molecule has 25 heavy (non-hydrogen) atoms. The number of hydrogen-bond donors (Lipinski definition) is 0. The van der Waals surface area contributed by atoms with Gasteiger partial charge in [-0.3, -0.25) is 9.36 Å². The van der Waals surface area contributed by atoms with E-state index in [4.69, 9.17) is 9.47 Å². The van der Waals surface area contributed by atoms with Gasteiger partial charge in [-0.2, -0.15) is 0 Å². The van der Waals surface area contributed by atoms with Crippen molar-refractivity contribution in [1.29, 1.82) is 0 Å². The van der Waals surface area contributed by atoms with Crippen molar-refractivity contribution in [3.63, 3.8) is 0 Å². The molecule has 0 N–H and O–H groups in total. The Morgan fingerprint density at radius 1 is 1.20 bits per heavy atom. The summed E-state index contributed by atoms with van der Waals surface area (Å²) in [6.07, 6.45) is 0. The second-order valence-corrected chi connectivity index (χ2v) is 7.82. The third-order valence-corrected chi connectivity index (χ3v) is 4.18. The third-order valence-electron chi connectivity index (χ3n) is 3.27. The molecule has 7 heteroatoms. The molecule has 0 amide bonds. The molecule has 2 aromatic rings. The molecule has 0 saturated heterocycles. The molecule has 0 saturated carbocycles. The molecular formula is C18H25N3O3S. The highest BCUT2D eigenvalue weighted by Crippen LogP contribution is 2.29. The molecule has 1 aromatic carbocycles. The van der Waals surface area contributed by atoms with Crippen molar-refractivity contribution < 1.29 is 14.3 Å². The summed E-state index contributed by atoms with van der Waals surface area (Å²) >= 11 is 1.34. The molecule has 1 heterocycles. The average molecular weight is 363 g/mol. The normalized spacial score (nSPS) is 11.6. The molecule has 2 rings (SSSR count). The van der Waals surface area contributed by atoms with Gasteiger partial charge >= 0.3 is 5.97 Å². The van der Waals surface area contributed by atoms with Gasteiger partial charge < -0.3 is 9.47 Å². The fourth-order valence-corrected chi connectivity index (χ4v) is 3.11. The lowest BCUT2D eigenvalue weighted by Crippen LogP contribution is -2.25. The van der Waals surface area contributed by atoms with Gasteiger partial charge in [0, 0.05) is 11.6 Å². The van der Waals surface area contributed by atoms with Crippen LogP contribution in [0, 0.1) is 0 Å². The molecule has 1 aromatic heterocycles. The van der Waals surface area contributed by atoms with E-state index in [2.05, 4.69) is 24.0 Å². The van der Waals surface area contributed by atoms with Crippen molar-refractivity contribution in [1.82, 2.24) is 14.8 Å². The summed E-state index contributed by atoms with van der Waals surface area (Å²) in [5, 5.41) is 9.28. The first-order valence-electron chi connectivity index (χ1n) is 8.15. The van der Waals surface area contributed by atoms with Gasteiger partial charge in [-0.05, 0) is 58.9 Å². The van der Waals surface area contributed by atoms with E-state index in [0.29, 0.717) is 5.16 Å². The van der Waals surface area contributed by atoms with Crippen molar-refractivity contribution in [3.05, 3.63) is 24.3 Å². The molecule has 6 nitrogen and oxygen atoms in total. The van der Waals surface area contributed by atoms with E-state index in [1.807, 2.05) is 49.6 Å². The molecule has 0 aliphatic heterocycles. The number of methoxy groups -OCH3 is 1. The Kier molecular flexibility index (Phi) is 6.11. The molecular weight excluding hydrogens is 338 g/mol. The Labute approximate surface area is 152 Å². The Morgan fingerprint density at radius 2 is 1.84 bits per heavy atom. The Hall–Kier alpha value is -2.02. The fraction of sp³-hybridized carbons (Fsp3) is 0.500. The zero-order chi connectivity index (χ0) is 18.6. The number of rotatable bonds is 6. The van der Waals surface area contributed by atoms with Gasteiger partial charge in [-0.15, -0.1) is 10.2 Å². The topological polar surface area (TPSA) is 66.2 Å². The number of ether oxygens (including phenoxy) is 2. The summed E-state index contributed by atoms with van der Waals surface area (Å²) in [4.78, 5) is 11.9. The lowest BCUT2D eigenvalue weighted by molar-refractivity contribution is -0.151. The van der Waals surface area contributed by atoms with E-state index >= 15 is 0 Å². The van der Waals surface area contributed by atoms with Gasteiger partial charge in [0.25, 0.3) is 0 Å². The monoisotopic (exact) mass is 363 g/mol. The van der Waals surface area contributed by atoms with Crippen molar-refractivity contribution in [3.8, 4) is 17.1 Å². The van der Waals surface area contributed by atoms with Crippen LogP contribution in [0.4, 0.5) is 0 Å². The lowest BCUT2D eigenvalue weighted by atomic mass is 10.2. The number of aromatic nitrogens is 3. The number of benzene rings is 1. The Bertz CT molecular complexity index is 718. The quantitative estimate of drug-likeness (QED) is 0.571. The van der Waals surface area contributed by atoms with Gasteiger partial charge in [0.15, 0.2) is 11.0 Å². The molecule has 0 spiro atoms. The first kappa shape index (κ1) is 19.3. The van der Waals surface area contributed by atoms with Gasteiger partial charge in [0.2, 0.25) is 0 Å². The molecule has 0 atom stereocenters. The van der Waals surface area contributed by atoms with Crippen LogP contribution in [0.25, 0.3) is 11.4 Å². The largest absolute Gasteiger partial charge is 0.497 e. The maximum absolute atomic E-state index is 11.9. The number of hydrogen-bond acceptors (Lipinski definition) is 6. The van der Waals surface area contributed by atoms with Crippen molar-refractivity contribution in [2.45, 2.75) is 51.4 Å². The highest BCUT2D eigenvalue weighted by molar-refractivity contribution is 7.99. The zero-order valence-electron chi connectivity index (χ0n) is 15.6. The van der Waals surface area contributed by atoms with E-state index in [1.54, 1.807) is 7.11 Å². The summed E-state index contributed by atoms with van der Waals surface area (Å²) in [5.41, 5.74) is 0.462. The minimum Gasteiger partial charge on any atom is -0.497 e. The molecule has 0 radical (unpaired) electrons. The predicted octanol–water partition coefficient (Wildman–Crippen LogP) is 3.97. The van der Waals surface area contributed by atoms with Gasteiger partial charge in [-0.25, -0.2) is 0 Å². The molecule has 0 aliphatic rings. The van der Waals surface area contributed by atoms with Crippen molar-refractivity contribution in [2.75, 3.05) is 12.9 Å². The minimum absolute atomic E-state index is 0.160. The molecule has 0 aliphatic carbocycles. The van der Waals surface area contributed by atoms with Crippen LogP contribution in [-0.4, -0.2) is 39.2 Å². The number of thioether (sulfide) groups is 1. The van der Waals surface area contributed by atoms with Crippen LogP contribution in [0.15, 0.2) is 29.4 Å². The Balaban J connectivity index is 2.20. The van der Waals surface area contributed by atoms with Crippen LogP contribution in [0.1, 0.15) is 40.7 Å². The van der Waals surface area contributed by atoms with Gasteiger partial charge in [-0.1, -0.05) is 11.8 Å². The first-order valence-corrected chi connectivity index (χ1v) is 9.14. The van der Waals surface area contributed by atoms with Crippen LogP contribution in [-0.2, 0) is 9.53 Å². The van der Waals surface area contributed by atoms with E-state index in [-0.39, 0.29) is 17.8 Å². The summed E-state index contributed by atoms with van der Waals surface area (Å²) in [6, 6.07) is 7.84. The predicted molar refractivity (Wildman–Crippen MR) is 99.0 cm³/mol. The molecule has 136 valence electrons. The molecule has 0 bridgehead atoms. The number of esters is 1. The van der Waals surface area contributed by atoms with E-state index in [1.165, 1.54) is 11.8 Å². The van der Waals surface area contributed by atoms with E-state index in [9.17, 15) is 4.79 Å². The van der Waals surface area contributed by atoms with E-state index in [0.717, 1.165) is 17.1 Å². The van der Waals surface area contributed by atoms with Crippen molar-refractivity contribution >= 4 is 17.7 Å². The number of carbonyl (C=O) groups excluding carboxylic acids is 1. The standard InChI is InChI=1S/C18H25N3O3S/c1-12(2)21-16(13-7-9-14(23-6)10-8-13)19-20-17(21)25-11-15(22)24-18(3,4)5/h7-10,12H,11H2,1-6H3. The highest BCUT2D eigenvalue weighted by atomic mass is 32.2. The fourth-order valence-electron chi connectivity index (χ4n) is 2.27. The van der Waals surface area contributed by atoms with Crippen LogP contribution in [0.2, 0.25) is 0 Å². The summed E-state index contributed by atoms with van der Waals surface area (Å²) in [5.74, 6) is 1.50. The minimum atomic E-state index is -0.488. The smallest absolute Gasteiger partial charge is 0.316 e. The van der Waals surface area contributed by atoms with Gasteiger partial charge in [0.1, 0.15) is 11.4 Å². The third kappa shape index (κ3) is 5.22. The average Bonchev–Trinajstić information content (AvgIpc) is 2.95. The van der Waals surface area contributed by atoms with Crippen LogP contribution in [0.3, 0.4) is 0 Å². The van der Waals surface area contributed by atoms with Crippen LogP contribution in [0.5, 0.6) is 5.75 Å². The second kappa shape index (κ2) is 7.91. The van der Waals surface area contributed by atoms with Crippen LogP contribution >= 0.6 is 11.8 Å². The second-order valence-electron chi connectivity index (χ2n) is 6.87. The zero-order valence-corrected chi connectivity index (χ0v) is 16.4. The SMILES string of the molecule is COc1ccc(-c2nnc(SCC(=O)OC(C)(C)C)n2C(C)C)cc1. The Morgan fingerprint density at radius 3 is 2.36 bits per heavy atom. The van der Waals surface area contributed by atoms with E-state index < -0.39 is 5.60 Å². The van der Waals surface area contributed by atoms with Gasteiger partial charge in [0.05, 0.1) is 12.9 Å². The summed E-state index contributed by atoms with van der Waals surface area (Å²) < 4.78 is 12.6. The first-order chi connectivity index (χ1) is 11.7. The summed E-state index contributed by atoms with van der Waals surface area (Å²) in [7, 11) is 1.64. The molecule has 0 fully saturated rings. The lowest BCUT2D eigenvalue weighted by Gasteiger charge is -2.19. The molecule has 0 unspecified atom stereocenters. The summed E-state index contributed by atoms with van der Waals surface area (Å²) in [6.45, 7) is 9.69. The highest BCUT2D eigenvalue weighted by Gasteiger charge is 2.20. The maximum atomic E-state index is 11.9.